The van der Waals surface area contributed by atoms with Crippen LogP contribution in [0.1, 0.15) is 6.92 Å². The monoisotopic (exact) mass is 399 g/mol. The van der Waals surface area contributed by atoms with Crippen molar-refractivity contribution in [3.8, 4) is 5.75 Å². The molecule has 0 spiro atoms. The van der Waals surface area contributed by atoms with E-state index in [1.807, 2.05) is 6.07 Å². The first-order valence-corrected chi connectivity index (χ1v) is 10.0. The molecule has 1 aliphatic heterocycles. The predicted octanol–water partition coefficient (Wildman–Crippen LogP) is 2.82. The molecule has 0 aliphatic carbocycles. The molecule has 1 saturated heterocycles. The number of carbonyl (C=O) groups excluding carboxylic acids is 1. The van der Waals surface area contributed by atoms with Gasteiger partial charge in [-0.2, -0.15) is 0 Å². The topological polar surface area (TPSA) is 74.3 Å². The van der Waals surface area contributed by atoms with Crippen LogP contribution in [0.25, 0.3) is 0 Å². The number of anilines is 2. The Balaban J connectivity index is 1.37. The Hall–Kier alpha value is -2.77. The minimum atomic E-state index is -0.560. The second-order valence-electron chi connectivity index (χ2n) is 6.96. The van der Waals surface area contributed by atoms with E-state index in [0.717, 1.165) is 26.2 Å². The number of nitrogens with zero attached hydrogens (tertiary/aromatic N) is 2. The first-order chi connectivity index (χ1) is 14.1. The fourth-order valence-electron chi connectivity index (χ4n) is 3.29. The van der Waals surface area contributed by atoms with Gasteiger partial charge in [-0.25, -0.2) is 4.79 Å². The van der Waals surface area contributed by atoms with Crippen molar-refractivity contribution in [3.05, 3.63) is 54.6 Å². The highest BCUT2D eigenvalue weighted by molar-refractivity contribution is 5.84. The minimum absolute atomic E-state index is 0.226. The lowest BCUT2D eigenvalue weighted by Gasteiger charge is -2.36. The van der Waals surface area contributed by atoms with Gasteiger partial charge in [-0.15, -0.1) is 0 Å². The van der Waals surface area contributed by atoms with Crippen LogP contribution < -0.4 is 15.0 Å². The highest BCUT2D eigenvalue weighted by atomic mass is 16.5. The molecular weight excluding hydrogens is 370 g/mol. The average molecular weight is 399 g/mol. The van der Waals surface area contributed by atoms with E-state index in [0.29, 0.717) is 24.6 Å². The van der Waals surface area contributed by atoms with E-state index in [9.17, 15) is 9.90 Å². The van der Waals surface area contributed by atoms with Crippen LogP contribution in [0.5, 0.6) is 5.75 Å². The Morgan fingerprint density at radius 2 is 1.76 bits per heavy atom. The molecule has 1 atom stereocenters. The van der Waals surface area contributed by atoms with Crippen molar-refractivity contribution in [3.63, 3.8) is 0 Å². The van der Waals surface area contributed by atoms with Gasteiger partial charge < -0.3 is 19.5 Å². The quantitative estimate of drug-likeness (QED) is 0.711. The fraction of sp³-hybridized carbons (Fsp3) is 0.409. The Bertz CT molecular complexity index is 746. The lowest BCUT2D eigenvalue weighted by Crippen LogP contribution is -2.49. The summed E-state index contributed by atoms with van der Waals surface area (Å²) < 4.78 is 10.5. The average Bonchev–Trinajstić information content (AvgIpc) is 2.75. The van der Waals surface area contributed by atoms with Crippen LogP contribution in [0.4, 0.5) is 16.2 Å². The molecule has 1 aliphatic rings. The molecule has 2 aromatic carbocycles. The van der Waals surface area contributed by atoms with Crippen LogP contribution in [0.3, 0.4) is 0 Å². The number of piperazine rings is 1. The van der Waals surface area contributed by atoms with Crippen LogP contribution in [-0.2, 0) is 4.74 Å². The number of aliphatic hydroxyl groups is 1. The number of benzene rings is 2. The molecule has 7 heteroatoms. The van der Waals surface area contributed by atoms with Gasteiger partial charge in [0.1, 0.15) is 18.5 Å². The van der Waals surface area contributed by atoms with E-state index < -0.39 is 12.2 Å². The molecule has 0 bridgehead atoms. The molecule has 0 radical (unpaired) electrons. The van der Waals surface area contributed by atoms with E-state index in [2.05, 4.69) is 39.4 Å². The molecular formula is C22H29N3O4. The molecule has 2 N–H and O–H groups in total. The summed E-state index contributed by atoms with van der Waals surface area (Å²) in [5.41, 5.74) is 1.88. The second kappa shape index (κ2) is 10.7. The Morgan fingerprint density at radius 3 is 2.41 bits per heavy atom. The summed E-state index contributed by atoms with van der Waals surface area (Å²) in [6, 6.07) is 17.4. The van der Waals surface area contributed by atoms with Crippen molar-refractivity contribution in [2.75, 3.05) is 56.2 Å². The third kappa shape index (κ3) is 6.66. The number of rotatable bonds is 8. The van der Waals surface area contributed by atoms with Gasteiger partial charge in [0.05, 0.1) is 6.61 Å². The summed E-state index contributed by atoms with van der Waals surface area (Å²) in [6.07, 6.45) is -1.04. The first kappa shape index (κ1) is 21.0. The zero-order valence-corrected chi connectivity index (χ0v) is 16.8. The number of carbonyl (C=O) groups is 1. The zero-order chi connectivity index (χ0) is 20.5. The summed E-state index contributed by atoms with van der Waals surface area (Å²) in [5, 5.41) is 13.0. The molecule has 29 heavy (non-hydrogen) atoms. The number of aliphatic hydroxyl groups excluding tert-OH is 1. The van der Waals surface area contributed by atoms with Crippen LogP contribution in [0, 0.1) is 0 Å². The van der Waals surface area contributed by atoms with Gasteiger partial charge in [-0.3, -0.25) is 10.2 Å². The third-order valence-electron chi connectivity index (χ3n) is 4.78. The van der Waals surface area contributed by atoms with Crippen molar-refractivity contribution >= 4 is 17.5 Å². The van der Waals surface area contributed by atoms with Crippen molar-refractivity contribution in [2.45, 2.75) is 13.0 Å². The third-order valence-corrected chi connectivity index (χ3v) is 4.78. The minimum Gasteiger partial charge on any atom is -0.491 e. The molecule has 0 saturated carbocycles. The number of para-hydroxylation sites is 1. The molecule has 1 heterocycles. The Morgan fingerprint density at radius 1 is 1.07 bits per heavy atom. The maximum Gasteiger partial charge on any atom is 0.411 e. The normalized spacial score (nSPS) is 15.6. The Kier molecular flexibility index (Phi) is 7.72. The number of hydrogen-bond acceptors (Lipinski definition) is 6. The number of ether oxygens (including phenoxy) is 2. The van der Waals surface area contributed by atoms with Crippen molar-refractivity contribution in [1.29, 1.82) is 0 Å². The predicted molar refractivity (Wildman–Crippen MR) is 114 cm³/mol. The van der Waals surface area contributed by atoms with E-state index in [-0.39, 0.29) is 6.61 Å². The maximum absolute atomic E-state index is 11.4. The zero-order valence-electron chi connectivity index (χ0n) is 16.8. The smallest absolute Gasteiger partial charge is 0.411 e. The van der Waals surface area contributed by atoms with Gasteiger partial charge in [0.2, 0.25) is 0 Å². The largest absolute Gasteiger partial charge is 0.491 e. The van der Waals surface area contributed by atoms with Gasteiger partial charge in [-0.05, 0) is 43.3 Å². The number of β-amino-alcohol motifs (C(OH)–C–C–N with tert-alkyl or cyclic N) is 1. The Labute approximate surface area is 171 Å². The van der Waals surface area contributed by atoms with Crippen LogP contribution in [-0.4, -0.2) is 68.1 Å². The number of nitrogens with one attached hydrogen (secondary N) is 1. The molecule has 0 aromatic heterocycles. The van der Waals surface area contributed by atoms with Gasteiger partial charge >= 0.3 is 6.09 Å². The molecule has 1 fully saturated rings. The van der Waals surface area contributed by atoms with E-state index in [1.165, 1.54) is 5.69 Å². The summed E-state index contributed by atoms with van der Waals surface area (Å²) in [5.74, 6) is 0.646. The fourth-order valence-corrected chi connectivity index (χ4v) is 3.29. The van der Waals surface area contributed by atoms with Crippen molar-refractivity contribution in [2.24, 2.45) is 0 Å². The van der Waals surface area contributed by atoms with Crippen LogP contribution >= 0.6 is 0 Å². The van der Waals surface area contributed by atoms with Gasteiger partial charge in [0.25, 0.3) is 0 Å². The highest BCUT2D eigenvalue weighted by Crippen LogP contribution is 2.17. The number of amides is 1. The molecule has 1 amide bonds. The molecule has 7 nitrogen and oxygen atoms in total. The molecule has 1 unspecified atom stereocenters. The molecule has 2 aromatic rings. The molecule has 3 rings (SSSR count). The van der Waals surface area contributed by atoms with E-state index in [1.54, 1.807) is 31.2 Å². The molecule has 156 valence electrons. The van der Waals surface area contributed by atoms with Gasteiger partial charge in [0.15, 0.2) is 0 Å². The van der Waals surface area contributed by atoms with Crippen molar-refractivity contribution < 1.29 is 19.4 Å². The van der Waals surface area contributed by atoms with Crippen molar-refractivity contribution in [1.82, 2.24) is 4.90 Å². The number of hydrogen-bond donors (Lipinski definition) is 2. The first-order valence-electron chi connectivity index (χ1n) is 10.0. The summed E-state index contributed by atoms with van der Waals surface area (Å²) >= 11 is 0. The lowest BCUT2D eigenvalue weighted by molar-refractivity contribution is 0.0663. The second-order valence-corrected chi connectivity index (χ2v) is 6.96. The van der Waals surface area contributed by atoms with Crippen LogP contribution in [0.2, 0.25) is 0 Å². The van der Waals surface area contributed by atoms with Gasteiger partial charge in [0, 0.05) is 44.1 Å². The van der Waals surface area contributed by atoms with Crippen LogP contribution in [0.15, 0.2) is 54.6 Å². The highest BCUT2D eigenvalue weighted by Gasteiger charge is 2.19. The van der Waals surface area contributed by atoms with Gasteiger partial charge in [-0.1, -0.05) is 18.2 Å². The SMILES string of the molecule is CCOC(=O)Nc1ccc(OCC(O)CN2CCN(c3ccccc3)CC2)cc1. The van der Waals surface area contributed by atoms with E-state index in [4.69, 9.17) is 9.47 Å². The summed E-state index contributed by atoms with van der Waals surface area (Å²) in [7, 11) is 0. The maximum atomic E-state index is 11.4. The lowest BCUT2D eigenvalue weighted by atomic mass is 10.2. The standard InChI is InChI=1S/C22H29N3O4/c1-2-28-22(27)23-18-8-10-21(11-9-18)29-17-20(26)16-24-12-14-25(15-13-24)19-6-4-3-5-7-19/h3-11,20,26H,2,12-17H2,1H3,(H,23,27). The summed E-state index contributed by atoms with van der Waals surface area (Å²) in [4.78, 5) is 16.0. The summed E-state index contributed by atoms with van der Waals surface area (Å²) in [6.45, 7) is 6.63. The van der Waals surface area contributed by atoms with E-state index >= 15 is 0 Å².